The molecule has 0 aliphatic rings. The van der Waals surface area contributed by atoms with E-state index in [1.165, 1.54) is 12.1 Å². The number of pyridine rings is 1. The molecule has 0 saturated carbocycles. The van der Waals surface area contributed by atoms with Crippen LogP contribution in [0.1, 0.15) is 31.7 Å². The maximum Gasteiger partial charge on any atom is 0.329 e. The van der Waals surface area contributed by atoms with Gasteiger partial charge in [0.25, 0.3) is 0 Å². The number of aryl methyl sites for hydroxylation is 1. The van der Waals surface area contributed by atoms with Crippen LogP contribution < -0.4 is 11.4 Å². The lowest BCUT2D eigenvalue weighted by atomic mass is 10.1. The van der Waals surface area contributed by atoms with Gasteiger partial charge in [-0.05, 0) is 48.2 Å². The van der Waals surface area contributed by atoms with Gasteiger partial charge in [-0.1, -0.05) is 26.0 Å². The van der Waals surface area contributed by atoms with Gasteiger partial charge in [0.1, 0.15) is 11.6 Å². The van der Waals surface area contributed by atoms with E-state index >= 15 is 0 Å². The second-order valence-corrected chi connectivity index (χ2v) is 9.06. The van der Waals surface area contributed by atoms with Crippen LogP contribution in [0, 0.1) is 11.7 Å². The summed E-state index contributed by atoms with van der Waals surface area (Å²) in [6.07, 6.45) is 4.34. The van der Waals surface area contributed by atoms with Crippen molar-refractivity contribution in [3.63, 3.8) is 0 Å². The van der Waals surface area contributed by atoms with Crippen LogP contribution in [0.3, 0.4) is 0 Å². The highest BCUT2D eigenvalue weighted by atomic mass is 19.1. The highest BCUT2D eigenvalue weighted by Gasteiger charge is 2.18. The SMILES string of the molecule is CC(C)CCn1c(Cn2c(=O)n(Cc3ccc(N)cc3)c3ccncc32)nc2cc(F)ccc21. The lowest BCUT2D eigenvalue weighted by molar-refractivity contribution is 0.507. The monoisotopic (exact) mass is 458 g/mol. The third-order valence-corrected chi connectivity index (χ3v) is 6.16. The normalized spacial score (nSPS) is 11.8. The molecular weight excluding hydrogens is 431 g/mol. The number of hydrogen-bond acceptors (Lipinski definition) is 4. The number of halogens is 1. The fourth-order valence-corrected chi connectivity index (χ4v) is 4.33. The molecule has 0 radical (unpaired) electrons. The highest BCUT2D eigenvalue weighted by Crippen LogP contribution is 2.21. The van der Waals surface area contributed by atoms with E-state index in [0.29, 0.717) is 23.7 Å². The smallest absolute Gasteiger partial charge is 0.329 e. The van der Waals surface area contributed by atoms with Crippen molar-refractivity contribution in [3.05, 3.63) is 88.6 Å². The molecule has 5 aromatic rings. The molecule has 0 atom stereocenters. The first-order valence-corrected chi connectivity index (χ1v) is 11.4. The number of nitrogen functional groups attached to an aromatic ring is 1. The average molecular weight is 459 g/mol. The van der Waals surface area contributed by atoms with E-state index in [9.17, 15) is 9.18 Å². The molecule has 174 valence electrons. The molecule has 0 spiro atoms. The molecular formula is C26H27FN6O. The fourth-order valence-electron chi connectivity index (χ4n) is 4.33. The fraction of sp³-hybridized carbons (Fsp3) is 0.269. The van der Waals surface area contributed by atoms with Gasteiger partial charge in [-0.3, -0.25) is 14.1 Å². The molecule has 8 heteroatoms. The number of imidazole rings is 2. The first-order valence-electron chi connectivity index (χ1n) is 11.4. The number of nitrogens with zero attached hydrogens (tertiary/aromatic N) is 5. The topological polar surface area (TPSA) is 83.7 Å². The number of benzene rings is 2. The molecule has 5 rings (SSSR count). The largest absolute Gasteiger partial charge is 0.399 e. The van der Waals surface area contributed by atoms with Gasteiger partial charge in [0, 0.05) is 24.5 Å². The number of hydrogen-bond donors (Lipinski definition) is 1. The summed E-state index contributed by atoms with van der Waals surface area (Å²) in [5.41, 5.74) is 10.3. The summed E-state index contributed by atoms with van der Waals surface area (Å²) in [5, 5.41) is 0. The van der Waals surface area contributed by atoms with Crippen LogP contribution in [0.5, 0.6) is 0 Å². The summed E-state index contributed by atoms with van der Waals surface area (Å²) in [6.45, 7) is 5.76. The molecule has 0 bridgehead atoms. The Bertz CT molecular complexity index is 1530. The third kappa shape index (κ3) is 4.07. The van der Waals surface area contributed by atoms with E-state index in [4.69, 9.17) is 10.7 Å². The van der Waals surface area contributed by atoms with Crippen LogP contribution in [0.2, 0.25) is 0 Å². The third-order valence-electron chi connectivity index (χ3n) is 6.16. The van der Waals surface area contributed by atoms with E-state index in [1.807, 2.05) is 30.3 Å². The Morgan fingerprint density at radius 3 is 2.47 bits per heavy atom. The Morgan fingerprint density at radius 1 is 0.941 bits per heavy atom. The summed E-state index contributed by atoms with van der Waals surface area (Å²) in [5.74, 6) is 0.896. The Hall–Kier alpha value is -3.94. The predicted octanol–water partition coefficient (Wildman–Crippen LogP) is 4.41. The van der Waals surface area contributed by atoms with Gasteiger partial charge in [-0.25, -0.2) is 14.2 Å². The lowest BCUT2D eigenvalue weighted by Crippen LogP contribution is -2.26. The molecule has 0 saturated heterocycles. The predicted molar refractivity (Wildman–Crippen MR) is 132 cm³/mol. The van der Waals surface area contributed by atoms with Gasteiger partial charge >= 0.3 is 5.69 Å². The first-order chi connectivity index (χ1) is 16.4. The van der Waals surface area contributed by atoms with Gasteiger partial charge in [0.2, 0.25) is 0 Å². The molecule has 0 fully saturated rings. The molecule has 2 aromatic carbocycles. The van der Waals surface area contributed by atoms with Crippen LogP contribution in [0.15, 0.2) is 65.7 Å². The maximum absolute atomic E-state index is 13.9. The summed E-state index contributed by atoms with van der Waals surface area (Å²) in [7, 11) is 0. The van der Waals surface area contributed by atoms with Crippen LogP contribution in [-0.4, -0.2) is 23.7 Å². The summed E-state index contributed by atoms with van der Waals surface area (Å²) in [4.78, 5) is 22.6. The number of nitrogens with two attached hydrogens (primary N) is 1. The average Bonchev–Trinajstić information content (AvgIpc) is 3.28. The van der Waals surface area contributed by atoms with Crippen molar-refractivity contribution in [2.75, 3.05) is 5.73 Å². The van der Waals surface area contributed by atoms with E-state index < -0.39 is 0 Å². The zero-order valence-electron chi connectivity index (χ0n) is 19.3. The standard InChI is InChI=1S/C26H27FN6O/c1-17(2)10-12-31-22-8-5-19(27)13-21(22)30-25(31)16-33-24-14-29-11-9-23(24)32(26(33)34)15-18-3-6-20(28)7-4-18/h3-9,11,13-14,17H,10,12,15-16,28H2,1-2H3. The minimum atomic E-state index is -0.325. The van der Waals surface area contributed by atoms with Gasteiger partial charge in [0.15, 0.2) is 0 Å². The Kier molecular flexibility index (Phi) is 5.65. The minimum Gasteiger partial charge on any atom is -0.399 e. The van der Waals surface area contributed by atoms with Crippen molar-refractivity contribution in [1.29, 1.82) is 0 Å². The lowest BCUT2D eigenvalue weighted by Gasteiger charge is -2.11. The Balaban J connectivity index is 1.60. The van der Waals surface area contributed by atoms with Crippen molar-refractivity contribution < 1.29 is 4.39 Å². The molecule has 3 aromatic heterocycles. The summed E-state index contributed by atoms with van der Waals surface area (Å²) >= 11 is 0. The molecule has 34 heavy (non-hydrogen) atoms. The van der Waals surface area contributed by atoms with Gasteiger partial charge in [-0.2, -0.15) is 0 Å². The molecule has 3 heterocycles. The maximum atomic E-state index is 13.9. The van der Waals surface area contributed by atoms with Gasteiger partial charge in [-0.15, -0.1) is 0 Å². The van der Waals surface area contributed by atoms with E-state index in [2.05, 4.69) is 23.4 Å². The molecule has 0 aliphatic carbocycles. The highest BCUT2D eigenvalue weighted by molar-refractivity contribution is 5.77. The second-order valence-electron chi connectivity index (χ2n) is 9.06. The van der Waals surface area contributed by atoms with Crippen molar-refractivity contribution in [2.45, 2.75) is 39.9 Å². The number of anilines is 1. The van der Waals surface area contributed by atoms with Crippen molar-refractivity contribution >= 4 is 27.8 Å². The van der Waals surface area contributed by atoms with Crippen molar-refractivity contribution in [3.8, 4) is 0 Å². The van der Waals surface area contributed by atoms with Crippen LogP contribution in [0.4, 0.5) is 10.1 Å². The molecule has 0 unspecified atom stereocenters. The molecule has 7 nitrogen and oxygen atoms in total. The van der Waals surface area contributed by atoms with E-state index in [-0.39, 0.29) is 18.1 Å². The number of aromatic nitrogens is 5. The summed E-state index contributed by atoms with van der Waals surface area (Å²) in [6, 6.07) is 14.0. The van der Waals surface area contributed by atoms with Crippen LogP contribution in [-0.2, 0) is 19.6 Å². The van der Waals surface area contributed by atoms with E-state index in [0.717, 1.165) is 40.9 Å². The van der Waals surface area contributed by atoms with Crippen LogP contribution in [0.25, 0.3) is 22.1 Å². The minimum absolute atomic E-state index is 0.145. The molecule has 0 amide bonds. The zero-order chi connectivity index (χ0) is 23.8. The Morgan fingerprint density at radius 2 is 1.71 bits per heavy atom. The Labute approximate surface area is 196 Å². The summed E-state index contributed by atoms with van der Waals surface area (Å²) < 4.78 is 19.4. The quantitative estimate of drug-likeness (QED) is 0.366. The molecule has 0 aliphatic heterocycles. The second kappa shape index (κ2) is 8.78. The molecule has 2 N–H and O–H groups in total. The number of rotatable bonds is 7. The first kappa shape index (κ1) is 21.9. The van der Waals surface area contributed by atoms with Gasteiger partial charge < -0.3 is 10.3 Å². The van der Waals surface area contributed by atoms with Crippen molar-refractivity contribution in [1.82, 2.24) is 23.7 Å². The van der Waals surface area contributed by atoms with Crippen molar-refractivity contribution in [2.24, 2.45) is 5.92 Å². The van der Waals surface area contributed by atoms with Crippen LogP contribution >= 0.6 is 0 Å². The zero-order valence-corrected chi connectivity index (χ0v) is 19.3. The van der Waals surface area contributed by atoms with Gasteiger partial charge in [0.05, 0.1) is 41.4 Å². The van der Waals surface area contributed by atoms with E-state index in [1.54, 1.807) is 27.6 Å². The number of fused-ring (bicyclic) bond motifs is 2.